The van der Waals surface area contributed by atoms with E-state index in [-0.39, 0.29) is 29.5 Å². The highest BCUT2D eigenvalue weighted by molar-refractivity contribution is 7.89. The molecular formula is C16H16N6O4S2. The fraction of sp³-hybridized carbons (Fsp3) is 0.125. The first-order valence-electron chi connectivity index (χ1n) is 7.99. The van der Waals surface area contributed by atoms with Gasteiger partial charge in [-0.05, 0) is 18.2 Å². The lowest BCUT2D eigenvalue weighted by atomic mass is 10.2. The number of nitrogens with zero attached hydrogens (tertiary/aromatic N) is 2. The number of hydrogen-bond donors (Lipinski definition) is 4. The number of carbonyl (C=O) groups is 2. The highest BCUT2D eigenvalue weighted by Crippen LogP contribution is 2.25. The van der Waals surface area contributed by atoms with Crippen molar-refractivity contribution in [2.45, 2.75) is 11.3 Å². The molecule has 0 radical (unpaired) electrons. The quantitative estimate of drug-likeness (QED) is 0.424. The van der Waals surface area contributed by atoms with Crippen molar-refractivity contribution in [3.05, 3.63) is 47.9 Å². The molecule has 2 amide bonds. The van der Waals surface area contributed by atoms with E-state index in [1.807, 2.05) is 0 Å². The molecule has 0 aliphatic rings. The minimum absolute atomic E-state index is 0.0295. The van der Waals surface area contributed by atoms with E-state index in [0.29, 0.717) is 16.4 Å². The van der Waals surface area contributed by atoms with Gasteiger partial charge in [0.05, 0.1) is 5.69 Å². The van der Waals surface area contributed by atoms with E-state index in [0.717, 1.165) is 0 Å². The lowest BCUT2D eigenvalue weighted by Crippen LogP contribution is -2.27. The van der Waals surface area contributed by atoms with Gasteiger partial charge >= 0.3 is 0 Å². The van der Waals surface area contributed by atoms with Gasteiger partial charge in [0.1, 0.15) is 10.6 Å². The number of sulfonamides is 1. The van der Waals surface area contributed by atoms with Gasteiger partial charge in [0.25, 0.3) is 5.91 Å². The average Bonchev–Trinajstić information content (AvgIpc) is 3.31. The van der Waals surface area contributed by atoms with Gasteiger partial charge in [0, 0.05) is 42.5 Å². The monoisotopic (exact) mass is 420 g/mol. The lowest BCUT2D eigenvalue weighted by molar-refractivity contribution is -0.116. The maximum absolute atomic E-state index is 12.1. The number of rotatable bonds is 8. The predicted octanol–water partition coefficient (Wildman–Crippen LogP) is 0.939. The fourth-order valence-corrected chi connectivity index (χ4v) is 3.95. The molecule has 146 valence electrons. The van der Waals surface area contributed by atoms with Gasteiger partial charge in [-0.1, -0.05) is 0 Å². The number of anilines is 1. The zero-order valence-electron chi connectivity index (χ0n) is 14.4. The Morgan fingerprint density at radius 2 is 2.14 bits per heavy atom. The van der Waals surface area contributed by atoms with Gasteiger partial charge < -0.3 is 16.0 Å². The number of hydrogen-bond acceptors (Lipinski definition) is 7. The van der Waals surface area contributed by atoms with E-state index < -0.39 is 15.9 Å². The molecule has 3 heterocycles. The minimum Gasteiger partial charge on any atom is -0.364 e. The van der Waals surface area contributed by atoms with Crippen LogP contribution in [0.25, 0.3) is 11.3 Å². The zero-order chi connectivity index (χ0) is 20.1. The van der Waals surface area contributed by atoms with E-state index in [1.54, 1.807) is 17.6 Å². The molecule has 0 fully saturated rings. The van der Waals surface area contributed by atoms with E-state index in [1.165, 1.54) is 35.9 Å². The Kier molecular flexibility index (Phi) is 5.82. The van der Waals surface area contributed by atoms with Crippen LogP contribution in [0.2, 0.25) is 0 Å². The normalized spacial score (nSPS) is 11.3. The van der Waals surface area contributed by atoms with E-state index in [2.05, 4.69) is 25.0 Å². The van der Waals surface area contributed by atoms with Gasteiger partial charge in [0.15, 0.2) is 5.13 Å². The van der Waals surface area contributed by atoms with Gasteiger partial charge in [-0.15, -0.1) is 11.3 Å². The molecule has 10 nitrogen and oxygen atoms in total. The molecule has 28 heavy (non-hydrogen) atoms. The van der Waals surface area contributed by atoms with Crippen molar-refractivity contribution in [1.29, 1.82) is 0 Å². The summed E-state index contributed by atoms with van der Waals surface area (Å²) in [4.78, 5) is 33.9. The summed E-state index contributed by atoms with van der Waals surface area (Å²) >= 11 is 1.21. The smallest absolute Gasteiger partial charge is 0.265 e. The number of nitrogens with two attached hydrogens (primary N) is 1. The van der Waals surface area contributed by atoms with Crippen molar-refractivity contribution in [1.82, 2.24) is 19.7 Å². The van der Waals surface area contributed by atoms with Crippen molar-refractivity contribution in [3.8, 4) is 11.3 Å². The summed E-state index contributed by atoms with van der Waals surface area (Å²) in [6.07, 6.45) is 4.22. The van der Waals surface area contributed by atoms with Crippen LogP contribution in [-0.2, 0) is 14.8 Å². The van der Waals surface area contributed by atoms with Crippen molar-refractivity contribution >= 4 is 38.3 Å². The minimum atomic E-state index is -3.71. The molecule has 3 aromatic rings. The summed E-state index contributed by atoms with van der Waals surface area (Å²) in [5.41, 5.74) is 6.68. The van der Waals surface area contributed by atoms with Gasteiger partial charge in [-0.2, -0.15) is 0 Å². The molecule has 0 aliphatic heterocycles. The predicted molar refractivity (Wildman–Crippen MR) is 103 cm³/mol. The lowest BCUT2D eigenvalue weighted by Gasteiger charge is -2.06. The zero-order valence-corrected chi connectivity index (χ0v) is 16.0. The first-order valence-corrected chi connectivity index (χ1v) is 10.3. The molecule has 0 unspecified atom stereocenters. The second kappa shape index (κ2) is 8.29. The Hall–Kier alpha value is -3.09. The van der Waals surface area contributed by atoms with Gasteiger partial charge in [0.2, 0.25) is 15.9 Å². The molecule has 0 saturated heterocycles. The molecule has 5 N–H and O–H groups in total. The Bertz CT molecular complexity index is 1090. The third-order valence-corrected chi connectivity index (χ3v) is 5.79. The van der Waals surface area contributed by atoms with Crippen LogP contribution in [0.1, 0.15) is 16.9 Å². The third-order valence-electron chi connectivity index (χ3n) is 3.58. The Balaban J connectivity index is 1.53. The molecule has 3 aromatic heterocycles. The summed E-state index contributed by atoms with van der Waals surface area (Å²) < 4.78 is 26.4. The Morgan fingerprint density at radius 1 is 1.32 bits per heavy atom. The van der Waals surface area contributed by atoms with Crippen LogP contribution >= 0.6 is 11.3 Å². The fourth-order valence-electron chi connectivity index (χ4n) is 2.22. The third kappa shape index (κ3) is 4.79. The van der Waals surface area contributed by atoms with Crippen LogP contribution in [0.4, 0.5) is 5.13 Å². The molecule has 0 aromatic carbocycles. The maximum atomic E-state index is 12.1. The average molecular weight is 420 g/mol. The molecule has 0 spiro atoms. The summed E-state index contributed by atoms with van der Waals surface area (Å²) in [7, 11) is -3.71. The summed E-state index contributed by atoms with van der Waals surface area (Å²) in [6.45, 7) is -0.0684. The van der Waals surface area contributed by atoms with Crippen LogP contribution in [0, 0.1) is 0 Å². The van der Waals surface area contributed by atoms with Gasteiger partial charge in [-0.3, -0.25) is 14.6 Å². The highest BCUT2D eigenvalue weighted by Gasteiger charge is 2.15. The number of thiazole rings is 1. The number of H-pyrrole nitrogens is 1. The topological polar surface area (TPSA) is 160 Å². The van der Waals surface area contributed by atoms with Crippen molar-refractivity contribution in [3.63, 3.8) is 0 Å². The second-order valence-electron chi connectivity index (χ2n) is 5.59. The number of carbonyl (C=O) groups excluding carboxylic acids is 2. The van der Waals surface area contributed by atoms with E-state index >= 15 is 0 Å². The number of amides is 2. The van der Waals surface area contributed by atoms with Crippen LogP contribution in [0.15, 0.2) is 47.1 Å². The molecule has 0 bridgehead atoms. The largest absolute Gasteiger partial charge is 0.364 e. The number of aromatic amines is 1. The standard InChI is InChI=1S/C16H16N6O4S2/c17-15(24)12-6-10(7-19-12)13-9-27-16(21-13)22-14(23)3-5-20-28(25,26)11-2-1-4-18-8-11/h1-2,4,6-9,19-20H,3,5H2,(H2,17,24)(H,21,22,23). The molecule has 0 atom stereocenters. The molecule has 0 saturated carbocycles. The van der Waals surface area contributed by atoms with E-state index in [9.17, 15) is 18.0 Å². The molecule has 0 aliphatic carbocycles. The SMILES string of the molecule is NC(=O)c1cc(-c2csc(NC(=O)CCNS(=O)(=O)c3cccnc3)n2)c[nH]1. The van der Waals surface area contributed by atoms with Crippen molar-refractivity contribution < 1.29 is 18.0 Å². The maximum Gasteiger partial charge on any atom is 0.265 e. The van der Waals surface area contributed by atoms with Crippen molar-refractivity contribution in [2.75, 3.05) is 11.9 Å². The van der Waals surface area contributed by atoms with Crippen LogP contribution in [-0.4, -0.2) is 41.7 Å². The molecular weight excluding hydrogens is 404 g/mol. The second-order valence-corrected chi connectivity index (χ2v) is 8.21. The van der Waals surface area contributed by atoms with Crippen molar-refractivity contribution in [2.24, 2.45) is 5.73 Å². The number of nitrogens with one attached hydrogen (secondary N) is 3. The molecule has 3 rings (SSSR count). The number of aromatic nitrogens is 3. The Labute approximate surface area is 164 Å². The Morgan fingerprint density at radius 3 is 2.82 bits per heavy atom. The first kappa shape index (κ1) is 19.7. The van der Waals surface area contributed by atoms with Crippen LogP contribution in [0.3, 0.4) is 0 Å². The highest BCUT2D eigenvalue weighted by atomic mass is 32.2. The molecule has 12 heteroatoms. The number of primary amides is 1. The van der Waals surface area contributed by atoms with E-state index in [4.69, 9.17) is 5.73 Å². The van der Waals surface area contributed by atoms with Crippen LogP contribution < -0.4 is 15.8 Å². The van der Waals surface area contributed by atoms with Gasteiger partial charge in [-0.25, -0.2) is 18.1 Å². The summed E-state index contributed by atoms with van der Waals surface area (Å²) in [5, 5.41) is 4.68. The number of pyridine rings is 1. The van der Waals surface area contributed by atoms with Crippen LogP contribution in [0.5, 0.6) is 0 Å². The first-order chi connectivity index (χ1) is 13.3. The summed E-state index contributed by atoms with van der Waals surface area (Å²) in [6, 6.07) is 4.49. The summed E-state index contributed by atoms with van der Waals surface area (Å²) in [5.74, 6) is -0.967.